The number of carbonyl (C=O) groups excluding carboxylic acids is 2. The van der Waals surface area contributed by atoms with Crippen molar-refractivity contribution in [3.8, 4) is 11.5 Å². The van der Waals surface area contributed by atoms with Gasteiger partial charge in [0.15, 0.2) is 5.13 Å². The Morgan fingerprint density at radius 2 is 1.83 bits per heavy atom. The third-order valence-electron chi connectivity index (χ3n) is 5.88. The Morgan fingerprint density at radius 1 is 1.06 bits per heavy atom. The average molecular weight is 488 g/mol. The predicted octanol–water partition coefficient (Wildman–Crippen LogP) is 4.64. The number of Topliss-reactive ketones (excluding diaryl/α,β-unsaturated/α-hetero) is 1. The summed E-state index contributed by atoms with van der Waals surface area (Å²) in [6, 6.07) is 14.6. The molecule has 2 aromatic carbocycles. The van der Waals surface area contributed by atoms with Crippen molar-refractivity contribution in [2.24, 2.45) is 0 Å². The van der Waals surface area contributed by atoms with E-state index in [1.54, 1.807) is 55.8 Å². The molecule has 0 saturated carbocycles. The van der Waals surface area contributed by atoms with Gasteiger partial charge in [0.05, 0.1) is 35.7 Å². The highest BCUT2D eigenvalue weighted by atomic mass is 32.1. The number of hydrogen-bond donors (Lipinski definition) is 1. The van der Waals surface area contributed by atoms with Gasteiger partial charge in [0.25, 0.3) is 5.78 Å². The zero-order valence-electron chi connectivity index (χ0n) is 19.2. The molecule has 1 aliphatic rings. The number of aryl methyl sites for hydroxylation is 1. The lowest BCUT2D eigenvalue weighted by atomic mass is 9.98. The molecule has 1 amide bonds. The molecule has 2 aromatic heterocycles. The van der Waals surface area contributed by atoms with Crippen LogP contribution in [0.15, 0.2) is 66.4 Å². The number of aliphatic hydroxyl groups excluding tert-OH is 1. The van der Waals surface area contributed by atoms with Crippen LogP contribution in [-0.4, -0.2) is 41.0 Å². The first-order chi connectivity index (χ1) is 16.9. The highest BCUT2D eigenvalue weighted by Gasteiger charge is 2.48. The fraction of sp³-hybridized carbons (Fsp3) is 0.154. The molecule has 1 N–H and O–H groups in total. The van der Waals surface area contributed by atoms with Crippen molar-refractivity contribution in [1.82, 2.24) is 9.97 Å². The molecule has 3 heterocycles. The highest BCUT2D eigenvalue weighted by molar-refractivity contribution is 7.22. The second-order valence-corrected chi connectivity index (χ2v) is 8.95. The van der Waals surface area contributed by atoms with Crippen LogP contribution in [0.3, 0.4) is 0 Å². The minimum Gasteiger partial charge on any atom is -0.507 e. The van der Waals surface area contributed by atoms with Gasteiger partial charge in [-0.2, -0.15) is 0 Å². The van der Waals surface area contributed by atoms with Gasteiger partial charge in [-0.1, -0.05) is 17.4 Å². The summed E-state index contributed by atoms with van der Waals surface area (Å²) in [6.07, 6.45) is 1.58. The maximum Gasteiger partial charge on any atom is 0.301 e. The number of nitrogens with zero attached hydrogens (tertiary/aromatic N) is 3. The van der Waals surface area contributed by atoms with Crippen LogP contribution in [0.4, 0.5) is 5.13 Å². The number of thiazole rings is 1. The number of ether oxygens (including phenoxy) is 2. The Bertz CT molecular complexity index is 1480. The number of aromatic nitrogens is 2. The minimum absolute atomic E-state index is 0.0492. The normalized spacial score (nSPS) is 17.2. The molecule has 0 spiro atoms. The van der Waals surface area contributed by atoms with Crippen LogP contribution in [0.1, 0.15) is 22.9 Å². The lowest BCUT2D eigenvalue weighted by molar-refractivity contribution is -0.132. The van der Waals surface area contributed by atoms with Gasteiger partial charge in [-0.25, -0.2) is 4.98 Å². The van der Waals surface area contributed by atoms with E-state index in [-0.39, 0.29) is 11.3 Å². The molecule has 9 heteroatoms. The minimum atomic E-state index is -0.943. The number of aliphatic hydroxyl groups is 1. The third kappa shape index (κ3) is 3.79. The number of rotatable bonds is 5. The van der Waals surface area contributed by atoms with E-state index in [1.165, 1.54) is 23.3 Å². The molecule has 1 unspecified atom stereocenters. The van der Waals surface area contributed by atoms with Crippen LogP contribution in [0, 0.1) is 6.92 Å². The van der Waals surface area contributed by atoms with E-state index in [4.69, 9.17) is 9.47 Å². The average Bonchev–Trinajstić information content (AvgIpc) is 3.40. The van der Waals surface area contributed by atoms with Crippen molar-refractivity contribution in [1.29, 1.82) is 0 Å². The molecule has 0 bridgehead atoms. The van der Waals surface area contributed by atoms with Crippen LogP contribution < -0.4 is 14.4 Å². The van der Waals surface area contributed by atoms with Gasteiger partial charge in [-0.15, -0.1) is 0 Å². The number of ketones is 1. The van der Waals surface area contributed by atoms with Crippen molar-refractivity contribution < 1.29 is 24.2 Å². The van der Waals surface area contributed by atoms with Crippen molar-refractivity contribution in [2.75, 3.05) is 19.1 Å². The third-order valence-corrected chi connectivity index (χ3v) is 6.89. The molecule has 4 aromatic rings. The Labute approximate surface area is 205 Å². The highest BCUT2D eigenvalue weighted by Crippen LogP contribution is 2.44. The summed E-state index contributed by atoms with van der Waals surface area (Å²) >= 11 is 1.26. The van der Waals surface area contributed by atoms with Crippen molar-refractivity contribution >= 4 is 44.1 Å². The van der Waals surface area contributed by atoms with Gasteiger partial charge in [-0.3, -0.25) is 19.5 Å². The molecule has 1 atom stereocenters. The maximum absolute atomic E-state index is 13.3. The van der Waals surface area contributed by atoms with E-state index in [0.717, 1.165) is 10.3 Å². The lowest BCUT2D eigenvalue weighted by Crippen LogP contribution is -2.29. The maximum atomic E-state index is 13.3. The number of methoxy groups -OCH3 is 2. The predicted molar refractivity (Wildman–Crippen MR) is 133 cm³/mol. The molecule has 1 aliphatic heterocycles. The molecule has 1 fully saturated rings. The largest absolute Gasteiger partial charge is 0.507 e. The fourth-order valence-corrected chi connectivity index (χ4v) is 5.12. The number of anilines is 1. The van der Waals surface area contributed by atoms with Crippen molar-refractivity contribution in [3.05, 3.63) is 83.2 Å². The van der Waals surface area contributed by atoms with Crippen LogP contribution in [-0.2, 0) is 9.59 Å². The Morgan fingerprint density at radius 3 is 2.49 bits per heavy atom. The molecule has 8 nitrogen and oxygen atoms in total. The zero-order valence-corrected chi connectivity index (χ0v) is 20.0. The first-order valence-corrected chi connectivity index (χ1v) is 11.6. The Hall–Kier alpha value is -4.24. The van der Waals surface area contributed by atoms with Crippen LogP contribution in [0.25, 0.3) is 16.0 Å². The summed E-state index contributed by atoms with van der Waals surface area (Å²) in [6.45, 7) is 1.91. The number of hydrogen-bond acceptors (Lipinski definition) is 8. The van der Waals surface area contributed by atoms with Gasteiger partial charge in [0.2, 0.25) is 0 Å². The van der Waals surface area contributed by atoms with E-state index in [9.17, 15) is 14.7 Å². The number of carbonyl (C=O) groups is 2. The Kier molecular flexibility index (Phi) is 5.70. The monoisotopic (exact) mass is 487 g/mol. The summed E-state index contributed by atoms with van der Waals surface area (Å²) < 4.78 is 11.4. The number of benzene rings is 2. The zero-order chi connectivity index (χ0) is 24.7. The first-order valence-electron chi connectivity index (χ1n) is 10.7. The van der Waals surface area contributed by atoms with E-state index in [2.05, 4.69) is 9.97 Å². The fourth-order valence-electron chi connectivity index (χ4n) is 4.12. The van der Waals surface area contributed by atoms with Gasteiger partial charge < -0.3 is 14.6 Å². The smallest absolute Gasteiger partial charge is 0.301 e. The van der Waals surface area contributed by atoms with Crippen molar-refractivity contribution in [2.45, 2.75) is 13.0 Å². The van der Waals surface area contributed by atoms with E-state index >= 15 is 0 Å². The van der Waals surface area contributed by atoms with E-state index in [0.29, 0.717) is 33.4 Å². The topological polar surface area (TPSA) is 102 Å². The number of pyridine rings is 1. The summed E-state index contributed by atoms with van der Waals surface area (Å²) in [4.78, 5) is 37.0. The van der Waals surface area contributed by atoms with E-state index in [1.807, 2.05) is 19.1 Å². The molecule has 5 rings (SSSR count). The molecule has 176 valence electrons. The lowest BCUT2D eigenvalue weighted by Gasteiger charge is -2.21. The standard InChI is InChI=1S/C26H21N3O5S/c1-14-12-18-20(13-19(14)34-3)35-26(28-18)29-22(17-6-4-5-11-27-17)21(24(31)25(29)32)23(30)15-7-9-16(33-2)10-8-15/h4-13,22,30H,1-3H3/b23-21+. The summed E-state index contributed by atoms with van der Waals surface area (Å²) in [5.41, 5.74) is 2.36. The number of fused-ring (bicyclic) bond motifs is 1. The van der Waals surface area contributed by atoms with Crippen LogP contribution >= 0.6 is 11.3 Å². The van der Waals surface area contributed by atoms with E-state index < -0.39 is 17.7 Å². The molecule has 0 radical (unpaired) electrons. The molecule has 1 saturated heterocycles. The van der Waals surface area contributed by atoms with Gasteiger partial charge in [0, 0.05) is 11.8 Å². The molecule has 35 heavy (non-hydrogen) atoms. The first kappa shape index (κ1) is 22.5. The van der Waals surface area contributed by atoms with Crippen LogP contribution in [0.5, 0.6) is 11.5 Å². The quantitative estimate of drug-likeness (QED) is 0.248. The Balaban J connectivity index is 1.69. The summed E-state index contributed by atoms with van der Waals surface area (Å²) in [5, 5.41) is 11.5. The molecular formula is C26H21N3O5S. The van der Waals surface area contributed by atoms with Gasteiger partial charge >= 0.3 is 5.91 Å². The summed E-state index contributed by atoms with van der Waals surface area (Å²) in [5.74, 6) is -0.567. The van der Waals surface area contributed by atoms with Gasteiger partial charge in [0.1, 0.15) is 23.3 Å². The van der Waals surface area contributed by atoms with Crippen molar-refractivity contribution in [3.63, 3.8) is 0 Å². The van der Waals surface area contributed by atoms with Crippen LogP contribution in [0.2, 0.25) is 0 Å². The SMILES string of the molecule is COc1ccc(/C(O)=C2\C(=O)C(=O)N(c3nc4cc(C)c(OC)cc4s3)C2c2ccccn2)cc1. The number of amides is 1. The van der Waals surface area contributed by atoms with Gasteiger partial charge in [-0.05, 0) is 61.0 Å². The second kappa shape index (κ2) is 8.84. The summed E-state index contributed by atoms with van der Waals surface area (Å²) in [7, 11) is 3.13. The molecule has 0 aliphatic carbocycles. The molecular weight excluding hydrogens is 466 g/mol. The second-order valence-electron chi connectivity index (χ2n) is 7.94.